The Morgan fingerprint density at radius 1 is 1.26 bits per heavy atom. The van der Waals surface area contributed by atoms with E-state index >= 15 is 0 Å². The number of oxazole rings is 1. The van der Waals surface area contributed by atoms with Crippen molar-refractivity contribution in [3.8, 4) is 0 Å². The highest BCUT2D eigenvalue weighted by molar-refractivity contribution is 5.76. The van der Waals surface area contributed by atoms with Gasteiger partial charge in [0.15, 0.2) is 5.58 Å². The van der Waals surface area contributed by atoms with Crippen molar-refractivity contribution >= 4 is 17.0 Å². The van der Waals surface area contributed by atoms with Gasteiger partial charge in [0.05, 0.1) is 11.2 Å². The molecule has 2 heterocycles. The maximum Gasteiger partial charge on any atom is 0.420 e. The lowest BCUT2D eigenvalue weighted by Gasteiger charge is -2.22. The number of aryl methyl sites for hydroxylation is 2. The van der Waals surface area contributed by atoms with Gasteiger partial charge in [-0.25, -0.2) is 4.79 Å². The van der Waals surface area contributed by atoms with Crippen LogP contribution in [0.3, 0.4) is 0 Å². The van der Waals surface area contributed by atoms with Crippen molar-refractivity contribution in [1.82, 2.24) is 15.0 Å². The highest BCUT2D eigenvalue weighted by atomic mass is 16.5. The van der Waals surface area contributed by atoms with Gasteiger partial charge in [-0.3, -0.25) is 9.36 Å². The molecule has 3 rings (SSSR count). The SMILES string of the molecule is Cc1noc(C)c1CCC(=O)N[C@@H](Cn1c(=O)oc2ccccc21)C(C)C. The molecule has 0 radical (unpaired) electrons. The molecule has 2 aromatic heterocycles. The van der Waals surface area contributed by atoms with Crippen LogP contribution in [0, 0.1) is 19.8 Å². The first-order chi connectivity index (χ1) is 12.9. The summed E-state index contributed by atoms with van der Waals surface area (Å²) in [7, 11) is 0. The summed E-state index contributed by atoms with van der Waals surface area (Å²) in [6.45, 7) is 8.13. The predicted molar refractivity (Wildman–Crippen MR) is 102 cm³/mol. The maximum atomic E-state index is 12.5. The first kappa shape index (κ1) is 18.9. The van der Waals surface area contributed by atoms with Crippen molar-refractivity contribution < 1.29 is 13.7 Å². The second-order valence-corrected chi connectivity index (χ2v) is 7.17. The molecule has 0 fully saturated rings. The number of benzene rings is 1. The fraction of sp³-hybridized carbons (Fsp3) is 0.450. The number of aromatic nitrogens is 2. The van der Waals surface area contributed by atoms with Crippen LogP contribution in [0.1, 0.15) is 37.3 Å². The molecule has 0 bridgehead atoms. The lowest BCUT2D eigenvalue weighted by Crippen LogP contribution is -2.43. The Labute approximate surface area is 157 Å². The third-order valence-corrected chi connectivity index (χ3v) is 4.89. The zero-order chi connectivity index (χ0) is 19.6. The van der Waals surface area contributed by atoms with E-state index in [-0.39, 0.29) is 17.9 Å². The number of hydrogen-bond acceptors (Lipinski definition) is 5. The topological polar surface area (TPSA) is 90.3 Å². The molecular weight excluding hydrogens is 346 g/mol. The van der Waals surface area contributed by atoms with Gasteiger partial charge >= 0.3 is 5.76 Å². The number of carbonyl (C=O) groups is 1. The molecule has 1 amide bonds. The second kappa shape index (κ2) is 7.82. The van der Waals surface area contributed by atoms with Crippen molar-refractivity contribution in [2.45, 2.75) is 53.1 Å². The molecule has 144 valence electrons. The monoisotopic (exact) mass is 371 g/mol. The smallest absolute Gasteiger partial charge is 0.408 e. The summed E-state index contributed by atoms with van der Waals surface area (Å²) in [6, 6.07) is 7.11. The summed E-state index contributed by atoms with van der Waals surface area (Å²) in [5, 5.41) is 6.97. The molecule has 0 aliphatic heterocycles. The Hall–Kier alpha value is -2.83. The van der Waals surface area contributed by atoms with Gasteiger partial charge in [0.1, 0.15) is 5.76 Å². The van der Waals surface area contributed by atoms with Gasteiger partial charge in [-0.05, 0) is 38.3 Å². The van der Waals surface area contributed by atoms with E-state index in [1.165, 1.54) is 0 Å². The Morgan fingerprint density at radius 3 is 2.67 bits per heavy atom. The fourth-order valence-corrected chi connectivity index (χ4v) is 3.18. The molecule has 0 saturated carbocycles. The number of para-hydroxylation sites is 2. The van der Waals surface area contributed by atoms with E-state index in [2.05, 4.69) is 10.5 Å². The average Bonchev–Trinajstić information content (AvgIpc) is 3.11. The molecule has 0 spiro atoms. The van der Waals surface area contributed by atoms with E-state index in [1.54, 1.807) is 10.6 Å². The molecule has 0 unspecified atom stereocenters. The van der Waals surface area contributed by atoms with Crippen LogP contribution in [-0.2, 0) is 17.8 Å². The zero-order valence-electron chi connectivity index (χ0n) is 16.1. The van der Waals surface area contributed by atoms with Crippen LogP contribution in [-0.4, -0.2) is 21.7 Å². The predicted octanol–water partition coefficient (Wildman–Crippen LogP) is 2.97. The van der Waals surface area contributed by atoms with Gasteiger partial charge in [0.2, 0.25) is 5.91 Å². The number of amides is 1. The average molecular weight is 371 g/mol. The lowest BCUT2D eigenvalue weighted by atomic mass is 10.0. The van der Waals surface area contributed by atoms with Crippen molar-refractivity contribution in [1.29, 1.82) is 0 Å². The van der Waals surface area contributed by atoms with Crippen LogP contribution in [0.15, 0.2) is 38.0 Å². The zero-order valence-corrected chi connectivity index (χ0v) is 16.1. The van der Waals surface area contributed by atoms with E-state index in [1.807, 2.05) is 45.9 Å². The molecule has 3 aromatic rings. The molecule has 1 N–H and O–H groups in total. The lowest BCUT2D eigenvalue weighted by molar-refractivity contribution is -0.122. The van der Waals surface area contributed by atoms with Gasteiger partial charge in [0.25, 0.3) is 0 Å². The highest BCUT2D eigenvalue weighted by Gasteiger charge is 2.20. The maximum absolute atomic E-state index is 12.5. The quantitative estimate of drug-likeness (QED) is 0.689. The van der Waals surface area contributed by atoms with Crippen molar-refractivity contribution in [3.63, 3.8) is 0 Å². The van der Waals surface area contributed by atoms with Gasteiger partial charge in [-0.1, -0.05) is 31.1 Å². The minimum absolute atomic E-state index is 0.0606. The summed E-state index contributed by atoms with van der Waals surface area (Å²) >= 11 is 0. The standard InChI is InChI=1S/C20H25N3O4/c1-12(2)16(11-23-17-7-5-6-8-18(17)26-20(23)25)21-19(24)10-9-15-13(3)22-27-14(15)4/h5-8,12,16H,9-11H2,1-4H3,(H,21,24)/t16-/m0/s1. The molecule has 1 atom stereocenters. The Morgan fingerprint density at radius 2 is 2.00 bits per heavy atom. The third kappa shape index (κ3) is 4.13. The van der Waals surface area contributed by atoms with E-state index in [4.69, 9.17) is 8.94 Å². The number of fused-ring (bicyclic) bond motifs is 1. The van der Waals surface area contributed by atoms with Gasteiger partial charge in [0, 0.05) is 24.6 Å². The number of nitrogens with one attached hydrogen (secondary N) is 1. The number of rotatable bonds is 7. The second-order valence-electron chi connectivity index (χ2n) is 7.17. The minimum Gasteiger partial charge on any atom is -0.408 e. The van der Waals surface area contributed by atoms with Crippen molar-refractivity contribution in [3.05, 3.63) is 51.8 Å². The number of nitrogens with zero attached hydrogens (tertiary/aromatic N) is 2. The highest BCUT2D eigenvalue weighted by Crippen LogP contribution is 2.16. The summed E-state index contributed by atoms with van der Waals surface area (Å²) < 4.78 is 12.0. The van der Waals surface area contributed by atoms with Gasteiger partial charge < -0.3 is 14.3 Å². The Balaban J connectivity index is 1.69. The normalized spacial score (nSPS) is 12.6. The molecule has 0 aliphatic carbocycles. The number of carbonyl (C=O) groups excluding carboxylic acids is 1. The third-order valence-electron chi connectivity index (χ3n) is 4.89. The summed E-state index contributed by atoms with van der Waals surface area (Å²) in [4.78, 5) is 24.7. The first-order valence-electron chi connectivity index (χ1n) is 9.16. The van der Waals surface area contributed by atoms with Crippen LogP contribution < -0.4 is 11.1 Å². The molecule has 7 nitrogen and oxygen atoms in total. The molecule has 7 heteroatoms. The van der Waals surface area contributed by atoms with Crippen molar-refractivity contribution in [2.24, 2.45) is 5.92 Å². The molecule has 0 aliphatic rings. The number of hydrogen-bond donors (Lipinski definition) is 1. The molecular formula is C20H25N3O4. The van der Waals surface area contributed by atoms with Crippen LogP contribution in [0.5, 0.6) is 0 Å². The minimum atomic E-state index is -0.410. The van der Waals surface area contributed by atoms with Crippen molar-refractivity contribution in [2.75, 3.05) is 0 Å². The molecule has 1 aromatic carbocycles. The largest absolute Gasteiger partial charge is 0.420 e. The van der Waals surface area contributed by atoms with Crippen LogP contribution >= 0.6 is 0 Å². The molecule has 0 saturated heterocycles. The van der Waals surface area contributed by atoms with Crippen LogP contribution in [0.2, 0.25) is 0 Å². The van der Waals surface area contributed by atoms with Crippen LogP contribution in [0.4, 0.5) is 0 Å². The summed E-state index contributed by atoms with van der Waals surface area (Å²) in [5.41, 5.74) is 3.08. The van der Waals surface area contributed by atoms with Gasteiger partial charge in [-0.15, -0.1) is 0 Å². The summed E-state index contributed by atoms with van der Waals surface area (Å²) in [6.07, 6.45) is 0.916. The first-order valence-corrected chi connectivity index (χ1v) is 9.16. The van der Waals surface area contributed by atoms with E-state index in [0.717, 1.165) is 22.5 Å². The fourth-order valence-electron chi connectivity index (χ4n) is 3.18. The summed E-state index contributed by atoms with van der Waals surface area (Å²) in [5.74, 6) is 0.437. The van der Waals surface area contributed by atoms with E-state index < -0.39 is 5.76 Å². The molecule has 27 heavy (non-hydrogen) atoms. The Bertz CT molecular complexity index is 977. The van der Waals surface area contributed by atoms with E-state index in [9.17, 15) is 9.59 Å². The van der Waals surface area contributed by atoms with Gasteiger partial charge in [-0.2, -0.15) is 0 Å². The Kier molecular flexibility index (Phi) is 5.48. The van der Waals surface area contributed by atoms with Crippen LogP contribution in [0.25, 0.3) is 11.1 Å². The van der Waals surface area contributed by atoms with E-state index in [0.29, 0.717) is 25.0 Å².